The van der Waals surface area contributed by atoms with Crippen LogP contribution < -0.4 is 10.6 Å². The van der Waals surface area contributed by atoms with E-state index in [9.17, 15) is 0 Å². The number of hydrogen-bond acceptors (Lipinski definition) is 2. The van der Waals surface area contributed by atoms with Crippen LogP contribution in [0.5, 0.6) is 0 Å². The Balaban J connectivity index is 2.89. The van der Waals surface area contributed by atoms with Crippen LogP contribution in [-0.4, -0.2) is 26.7 Å². The number of rotatable bonds is 6. The first kappa shape index (κ1) is 9.92. The van der Waals surface area contributed by atoms with Crippen molar-refractivity contribution in [2.45, 2.75) is 32.2 Å². The monoisotopic (exact) mass is 144 g/mol. The van der Waals surface area contributed by atoms with Gasteiger partial charge in [0, 0.05) is 6.04 Å². The third-order valence-electron chi connectivity index (χ3n) is 1.81. The summed E-state index contributed by atoms with van der Waals surface area (Å²) in [6.07, 6.45) is 3.91. The van der Waals surface area contributed by atoms with Gasteiger partial charge in [0.05, 0.1) is 0 Å². The molecule has 0 unspecified atom stereocenters. The zero-order valence-electron chi connectivity index (χ0n) is 7.41. The number of hydrogen-bond donors (Lipinski definition) is 2. The van der Waals surface area contributed by atoms with Gasteiger partial charge in [0.15, 0.2) is 0 Å². The van der Waals surface area contributed by atoms with Crippen molar-refractivity contribution < 1.29 is 0 Å². The van der Waals surface area contributed by atoms with Crippen LogP contribution in [0, 0.1) is 0 Å². The van der Waals surface area contributed by atoms with Crippen molar-refractivity contribution >= 4 is 0 Å². The molecule has 0 aromatic rings. The van der Waals surface area contributed by atoms with E-state index in [2.05, 4.69) is 17.6 Å². The van der Waals surface area contributed by atoms with Crippen LogP contribution in [0.2, 0.25) is 0 Å². The minimum atomic E-state index is 0.678. The van der Waals surface area contributed by atoms with Crippen LogP contribution in [0.3, 0.4) is 0 Å². The van der Waals surface area contributed by atoms with Crippen molar-refractivity contribution in [2.75, 3.05) is 20.6 Å². The molecule has 0 fully saturated rings. The Hall–Kier alpha value is -0.0800. The zero-order valence-corrected chi connectivity index (χ0v) is 7.41. The second kappa shape index (κ2) is 7.03. The van der Waals surface area contributed by atoms with E-state index in [-0.39, 0.29) is 0 Å². The molecule has 0 amide bonds. The molecule has 0 spiro atoms. The quantitative estimate of drug-likeness (QED) is 0.543. The van der Waals surface area contributed by atoms with E-state index >= 15 is 0 Å². The van der Waals surface area contributed by atoms with Crippen LogP contribution in [0.1, 0.15) is 26.2 Å². The summed E-state index contributed by atoms with van der Waals surface area (Å²) in [7, 11) is 4.02. The van der Waals surface area contributed by atoms with Crippen LogP contribution in [0.15, 0.2) is 0 Å². The van der Waals surface area contributed by atoms with Gasteiger partial charge in [0.25, 0.3) is 0 Å². The van der Waals surface area contributed by atoms with Gasteiger partial charge in [-0.1, -0.05) is 6.42 Å². The summed E-state index contributed by atoms with van der Waals surface area (Å²) in [5.74, 6) is 0. The largest absolute Gasteiger partial charge is 0.320 e. The second-order valence-corrected chi connectivity index (χ2v) is 2.79. The molecule has 0 rings (SSSR count). The van der Waals surface area contributed by atoms with Crippen LogP contribution in [-0.2, 0) is 0 Å². The highest BCUT2D eigenvalue weighted by Gasteiger charge is 1.95. The lowest BCUT2D eigenvalue weighted by Crippen LogP contribution is -2.21. The Morgan fingerprint density at radius 3 is 2.40 bits per heavy atom. The van der Waals surface area contributed by atoms with E-state index in [0.717, 1.165) is 6.54 Å². The molecular formula is C8H20N2. The van der Waals surface area contributed by atoms with Crippen molar-refractivity contribution in [3.8, 4) is 0 Å². The molecule has 0 aliphatic rings. The third-order valence-corrected chi connectivity index (χ3v) is 1.81. The first-order chi connectivity index (χ1) is 4.81. The number of nitrogens with one attached hydrogen (secondary N) is 2. The second-order valence-electron chi connectivity index (χ2n) is 2.79. The van der Waals surface area contributed by atoms with Gasteiger partial charge in [0.1, 0.15) is 0 Å². The van der Waals surface area contributed by atoms with Gasteiger partial charge in [-0.2, -0.15) is 0 Å². The van der Waals surface area contributed by atoms with Crippen molar-refractivity contribution in [1.82, 2.24) is 10.6 Å². The summed E-state index contributed by atoms with van der Waals surface area (Å²) in [6.45, 7) is 3.37. The van der Waals surface area contributed by atoms with E-state index < -0.39 is 0 Å². The zero-order chi connectivity index (χ0) is 7.82. The predicted octanol–water partition coefficient (Wildman–Crippen LogP) is 0.984. The number of unbranched alkanes of at least 4 members (excludes halogenated alkanes) is 1. The fraction of sp³-hybridized carbons (Fsp3) is 1.00. The molecule has 10 heavy (non-hydrogen) atoms. The molecule has 0 aromatic heterocycles. The van der Waals surface area contributed by atoms with Gasteiger partial charge >= 0.3 is 0 Å². The van der Waals surface area contributed by atoms with Crippen molar-refractivity contribution in [2.24, 2.45) is 0 Å². The maximum absolute atomic E-state index is 3.22. The molecule has 0 radical (unpaired) electrons. The lowest BCUT2D eigenvalue weighted by molar-refractivity contribution is 0.522. The van der Waals surface area contributed by atoms with Gasteiger partial charge in [0.2, 0.25) is 0 Å². The minimum absolute atomic E-state index is 0.678. The Labute approximate surface area is 64.4 Å². The molecule has 0 bridgehead atoms. The van der Waals surface area contributed by atoms with Crippen LogP contribution >= 0.6 is 0 Å². The summed E-state index contributed by atoms with van der Waals surface area (Å²) < 4.78 is 0. The minimum Gasteiger partial charge on any atom is -0.320 e. The molecule has 0 aliphatic heterocycles. The fourth-order valence-corrected chi connectivity index (χ4v) is 0.897. The van der Waals surface area contributed by atoms with E-state index in [1.807, 2.05) is 14.1 Å². The maximum Gasteiger partial charge on any atom is 0.00357 e. The topological polar surface area (TPSA) is 24.1 Å². The van der Waals surface area contributed by atoms with Gasteiger partial charge in [-0.05, 0) is 40.4 Å². The van der Waals surface area contributed by atoms with E-state index in [1.54, 1.807) is 0 Å². The summed E-state index contributed by atoms with van der Waals surface area (Å²) in [5.41, 5.74) is 0. The standard InChI is InChI=1S/C8H20N2/c1-8(10-3)6-4-5-7-9-2/h8-10H,4-7H2,1-3H3/t8-/m1/s1. The highest BCUT2D eigenvalue weighted by atomic mass is 14.8. The summed E-state index contributed by atoms with van der Waals surface area (Å²) >= 11 is 0. The molecule has 0 aliphatic carbocycles. The van der Waals surface area contributed by atoms with Crippen LogP contribution in [0.4, 0.5) is 0 Å². The maximum atomic E-state index is 3.22. The molecule has 2 N–H and O–H groups in total. The first-order valence-corrected chi connectivity index (χ1v) is 4.13. The molecule has 62 valence electrons. The predicted molar refractivity (Wildman–Crippen MR) is 46.3 cm³/mol. The smallest absolute Gasteiger partial charge is 0.00357 e. The summed E-state index contributed by atoms with van der Waals surface area (Å²) in [4.78, 5) is 0. The summed E-state index contributed by atoms with van der Waals surface area (Å²) in [6, 6.07) is 0.678. The van der Waals surface area contributed by atoms with Crippen LogP contribution in [0.25, 0.3) is 0 Å². The highest BCUT2D eigenvalue weighted by molar-refractivity contribution is 4.56. The SMILES string of the molecule is CNCCCC[C@@H](C)NC. The molecule has 0 heterocycles. The normalized spacial score (nSPS) is 13.5. The molecule has 2 nitrogen and oxygen atoms in total. The Kier molecular flexibility index (Phi) is 6.98. The molecular weight excluding hydrogens is 124 g/mol. The molecule has 0 saturated heterocycles. The molecule has 0 aromatic carbocycles. The molecule has 0 saturated carbocycles. The third kappa shape index (κ3) is 6.05. The Bertz CT molecular complexity index is 64.3. The van der Waals surface area contributed by atoms with E-state index in [1.165, 1.54) is 19.3 Å². The lowest BCUT2D eigenvalue weighted by atomic mass is 10.1. The molecule has 1 atom stereocenters. The van der Waals surface area contributed by atoms with Gasteiger partial charge < -0.3 is 10.6 Å². The average Bonchev–Trinajstić information content (AvgIpc) is 1.98. The average molecular weight is 144 g/mol. The first-order valence-electron chi connectivity index (χ1n) is 4.13. The fourth-order valence-electron chi connectivity index (χ4n) is 0.897. The van der Waals surface area contributed by atoms with Gasteiger partial charge in [-0.3, -0.25) is 0 Å². The molecule has 2 heteroatoms. The Morgan fingerprint density at radius 2 is 1.90 bits per heavy atom. The van der Waals surface area contributed by atoms with Gasteiger partial charge in [-0.15, -0.1) is 0 Å². The summed E-state index contributed by atoms with van der Waals surface area (Å²) in [5, 5.41) is 6.36. The van der Waals surface area contributed by atoms with Crippen molar-refractivity contribution in [1.29, 1.82) is 0 Å². The van der Waals surface area contributed by atoms with Crippen molar-refractivity contribution in [3.05, 3.63) is 0 Å². The van der Waals surface area contributed by atoms with E-state index in [0.29, 0.717) is 6.04 Å². The van der Waals surface area contributed by atoms with Crippen molar-refractivity contribution in [3.63, 3.8) is 0 Å². The lowest BCUT2D eigenvalue weighted by Gasteiger charge is -2.08. The van der Waals surface area contributed by atoms with Gasteiger partial charge in [-0.25, -0.2) is 0 Å². The van der Waals surface area contributed by atoms with E-state index in [4.69, 9.17) is 0 Å². The highest BCUT2D eigenvalue weighted by Crippen LogP contribution is 1.97. The Morgan fingerprint density at radius 1 is 1.20 bits per heavy atom.